The van der Waals surface area contributed by atoms with Crippen molar-refractivity contribution in [1.29, 1.82) is 0 Å². The molecule has 4 heterocycles. The van der Waals surface area contributed by atoms with E-state index in [-0.39, 0.29) is 77.5 Å². The molecule has 0 saturated carbocycles. The van der Waals surface area contributed by atoms with Gasteiger partial charge in [0.25, 0.3) is 5.91 Å². The first-order valence-corrected chi connectivity index (χ1v) is 18.1. The summed E-state index contributed by atoms with van der Waals surface area (Å²) in [5.74, 6) is -7.04. The second-order valence-corrected chi connectivity index (χ2v) is 14.1. The first-order chi connectivity index (χ1) is 25.6. The number of rotatable bonds is 14. The van der Waals surface area contributed by atoms with Gasteiger partial charge in [-0.05, 0) is 34.1 Å². The number of aliphatic carboxylic acids is 2. The summed E-state index contributed by atoms with van der Waals surface area (Å²) in [6, 6.07) is 1.16. The van der Waals surface area contributed by atoms with Gasteiger partial charge in [-0.1, -0.05) is 36.0 Å². The average Bonchev–Trinajstić information content (AvgIpc) is 3.56. The number of hydrogen-bond donors (Lipinski definition) is 6. The van der Waals surface area contributed by atoms with E-state index >= 15 is 0 Å². The Hall–Kier alpha value is -4.59. The van der Waals surface area contributed by atoms with Crippen molar-refractivity contribution in [3.8, 4) is 0 Å². The number of aryl methyl sites for hydroxylation is 1. The van der Waals surface area contributed by atoms with Crippen molar-refractivity contribution in [2.24, 2.45) is 18.5 Å². The zero-order valence-corrected chi connectivity index (χ0v) is 30.3. The van der Waals surface area contributed by atoms with Crippen LogP contribution in [0.1, 0.15) is 30.5 Å². The van der Waals surface area contributed by atoms with E-state index in [0.29, 0.717) is 15.6 Å². The SMILES string of the molecule is CCN1CCN(C(=O)N[C@@H](C(=O)N[C@@H]2C(=O)N3C(C(=O)O)=C(CSc4nnnn4C)CS[C@H]23)c2ccc(C(N)(N)C(=O)OCCC(=O)O)cc2)C(=O)C1=O.[NaH]. The number of nitrogens with zero attached hydrogens (tertiary/aromatic N) is 7. The van der Waals surface area contributed by atoms with Gasteiger partial charge < -0.3 is 42.0 Å². The standard InChI is InChI=1S/C30H35N11O11S2.Na.H/c1-3-39-9-10-40(24(47)23(39)46)28(51)34-18(14-4-6-16(7-5-14)30(31,32)27(50)52-11-8-17(42)43)21(44)33-19-22(45)41-20(26(48)49)15(12-53-25(19)41)13-54-29-35-36-37-38(29)2;;/h4-7,18-19,25H,3,8-13,31-32H2,1-2H3,(H,33,44)(H,34,51)(H,42,43)(H,48,49);;/t18-,19-,25-;;/m1../s1. The van der Waals surface area contributed by atoms with Gasteiger partial charge in [-0.3, -0.25) is 33.8 Å². The zero-order valence-electron chi connectivity index (χ0n) is 28.7. The summed E-state index contributed by atoms with van der Waals surface area (Å²) in [6.07, 6.45) is -0.491. The summed E-state index contributed by atoms with van der Waals surface area (Å²) in [5.41, 5.74) is 10.00. The predicted molar refractivity (Wildman–Crippen MR) is 191 cm³/mol. The molecular formula is C30H36N11NaO11S2. The maximum atomic E-state index is 13.9. The van der Waals surface area contributed by atoms with E-state index in [0.717, 1.165) is 4.90 Å². The van der Waals surface area contributed by atoms with E-state index < -0.39 is 83.7 Å². The molecule has 8 N–H and O–H groups in total. The molecule has 0 spiro atoms. The quantitative estimate of drug-likeness (QED) is 0.0271. The van der Waals surface area contributed by atoms with Crippen LogP contribution in [0, 0.1) is 0 Å². The van der Waals surface area contributed by atoms with Crippen LogP contribution in [-0.4, -0.2) is 171 Å². The zero-order chi connectivity index (χ0) is 39.5. The molecule has 5 rings (SSSR count). The molecule has 25 heteroatoms. The molecule has 0 aliphatic carbocycles. The van der Waals surface area contributed by atoms with Crippen LogP contribution in [0.25, 0.3) is 0 Å². The van der Waals surface area contributed by atoms with Crippen LogP contribution < -0.4 is 22.1 Å². The van der Waals surface area contributed by atoms with E-state index in [9.17, 15) is 43.5 Å². The molecule has 2 aromatic rings. The first-order valence-electron chi connectivity index (χ1n) is 16.1. The van der Waals surface area contributed by atoms with Crippen LogP contribution in [0.5, 0.6) is 0 Å². The third kappa shape index (κ3) is 9.11. The normalized spacial score (nSPS) is 18.8. The molecule has 0 radical (unpaired) electrons. The number of carbonyl (C=O) groups excluding carboxylic acids is 6. The van der Waals surface area contributed by atoms with Crippen LogP contribution in [0.3, 0.4) is 0 Å². The summed E-state index contributed by atoms with van der Waals surface area (Å²) in [5, 5.41) is 34.6. The molecule has 3 aliphatic rings. The number of likely N-dealkylation sites (N-methyl/N-ethyl adjacent to an activating group) is 1. The van der Waals surface area contributed by atoms with Crippen molar-refractivity contribution in [3.63, 3.8) is 0 Å². The molecule has 0 bridgehead atoms. The molecule has 22 nitrogen and oxygen atoms in total. The van der Waals surface area contributed by atoms with E-state index in [1.807, 2.05) is 0 Å². The number of piperazine rings is 1. The summed E-state index contributed by atoms with van der Waals surface area (Å²) >= 11 is 2.39. The Bertz CT molecular complexity index is 1930. The number of carbonyl (C=O) groups is 8. The van der Waals surface area contributed by atoms with Crippen molar-refractivity contribution in [2.45, 2.75) is 41.6 Å². The molecule has 2 saturated heterocycles. The number of nitrogens with one attached hydrogen (secondary N) is 2. The van der Waals surface area contributed by atoms with Crippen molar-refractivity contribution >= 4 is 101 Å². The fraction of sp³-hybridized carbons (Fsp3) is 0.433. The molecule has 3 atom stereocenters. The number of amides is 6. The van der Waals surface area contributed by atoms with Crippen molar-refractivity contribution < 1.29 is 53.3 Å². The number of thioether (sulfide) groups is 2. The minimum atomic E-state index is -2.25. The van der Waals surface area contributed by atoms with Gasteiger partial charge in [-0.25, -0.2) is 19.1 Å². The molecule has 55 heavy (non-hydrogen) atoms. The number of β-lactam (4-membered cyclic amide) rings is 1. The number of carboxylic acid groups (broad SMARTS) is 2. The van der Waals surface area contributed by atoms with Gasteiger partial charge in [0.1, 0.15) is 29.8 Å². The van der Waals surface area contributed by atoms with E-state index in [2.05, 4.69) is 26.2 Å². The third-order valence-corrected chi connectivity index (χ3v) is 11.0. The number of benzene rings is 1. The summed E-state index contributed by atoms with van der Waals surface area (Å²) < 4.78 is 6.29. The topological polar surface area (TPSA) is 316 Å². The van der Waals surface area contributed by atoms with Gasteiger partial charge in [0, 0.05) is 38.2 Å². The van der Waals surface area contributed by atoms with Crippen LogP contribution in [0.15, 0.2) is 40.7 Å². The fourth-order valence-corrected chi connectivity index (χ4v) is 7.95. The Balaban J connectivity index is 0.00000673. The molecular weight excluding hydrogens is 778 g/mol. The summed E-state index contributed by atoms with van der Waals surface area (Å²) in [7, 11) is 1.62. The number of fused-ring (bicyclic) bond motifs is 1. The van der Waals surface area contributed by atoms with E-state index in [1.54, 1.807) is 14.0 Å². The third-order valence-electron chi connectivity index (χ3n) is 8.58. The number of carboxylic acids is 2. The van der Waals surface area contributed by atoms with Gasteiger partial charge in [0.05, 0.1) is 6.42 Å². The maximum absolute atomic E-state index is 13.9. The second kappa shape index (κ2) is 17.9. The van der Waals surface area contributed by atoms with Gasteiger partial charge in [0.2, 0.25) is 11.1 Å². The van der Waals surface area contributed by atoms with Gasteiger partial charge in [0.15, 0.2) is 5.66 Å². The molecule has 3 aliphatic heterocycles. The number of tetrazole rings is 1. The molecule has 2 fully saturated rings. The van der Waals surface area contributed by atoms with Gasteiger partial charge in [-0.15, -0.1) is 16.9 Å². The number of nitrogens with two attached hydrogens (primary N) is 2. The van der Waals surface area contributed by atoms with Gasteiger partial charge >= 0.3 is 65.3 Å². The van der Waals surface area contributed by atoms with Crippen molar-refractivity contribution in [2.75, 3.05) is 37.7 Å². The average molecular weight is 814 g/mol. The number of esters is 1. The number of urea groups is 1. The number of hydrogen-bond acceptors (Lipinski definition) is 16. The van der Waals surface area contributed by atoms with E-state index in [1.165, 1.54) is 57.4 Å². The second-order valence-electron chi connectivity index (χ2n) is 12.0. The number of ether oxygens (including phenoxy) is 1. The predicted octanol–water partition coefficient (Wildman–Crippen LogP) is -3.38. The van der Waals surface area contributed by atoms with Crippen LogP contribution >= 0.6 is 23.5 Å². The molecule has 0 unspecified atom stereocenters. The minimum absolute atomic E-state index is 0. The summed E-state index contributed by atoms with van der Waals surface area (Å²) in [6.45, 7) is 1.29. The molecule has 1 aromatic heterocycles. The van der Waals surface area contributed by atoms with Crippen LogP contribution in [0.4, 0.5) is 4.79 Å². The van der Waals surface area contributed by atoms with Crippen molar-refractivity contribution in [3.05, 3.63) is 46.7 Å². The first kappa shape index (κ1) is 43.1. The molecule has 1 aromatic carbocycles. The Labute approximate surface area is 342 Å². The molecule has 290 valence electrons. The van der Waals surface area contributed by atoms with E-state index in [4.69, 9.17) is 21.3 Å². The fourth-order valence-electron chi connectivity index (χ4n) is 5.62. The Morgan fingerprint density at radius 2 is 1.78 bits per heavy atom. The Morgan fingerprint density at radius 3 is 2.38 bits per heavy atom. The number of aromatic nitrogens is 4. The van der Waals surface area contributed by atoms with Gasteiger partial charge in [-0.2, -0.15) is 0 Å². The molecule has 6 amide bonds. The monoisotopic (exact) mass is 813 g/mol. The Morgan fingerprint density at radius 1 is 1.09 bits per heavy atom. The Kier molecular flexibility index (Phi) is 14.0. The number of imide groups is 1. The summed E-state index contributed by atoms with van der Waals surface area (Å²) in [4.78, 5) is 105. The van der Waals surface area contributed by atoms with Crippen LogP contribution in [0.2, 0.25) is 0 Å². The van der Waals surface area contributed by atoms with Crippen LogP contribution in [-0.2, 0) is 51.0 Å². The van der Waals surface area contributed by atoms with Crippen molar-refractivity contribution in [1.82, 2.24) is 45.5 Å².